The predicted molar refractivity (Wildman–Crippen MR) is 127 cm³/mol. The number of rotatable bonds is 8. The molecule has 0 radical (unpaired) electrons. The third-order valence-corrected chi connectivity index (χ3v) is 6.21. The minimum Gasteiger partial charge on any atom is -0.484 e. The van der Waals surface area contributed by atoms with E-state index in [1.807, 2.05) is 54.8 Å². The normalized spacial score (nSPS) is 15.8. The van der Waals surface area contributed by atoms with Crippen LogP contribution in [0.15, 0.2) is 57.8 Å². The largest absolute Gasteiger partial charge is 0.484 e. The Bertz CT molecular complexity index is 1110. The first-order chi connectivity index (χ1) is 15.9. The third-order valence-electron chi connectivity index (χ3n) is 5.46. The fourth-order valence-corrected chi connectivity index (χ4v) is 4.00. The minimum absolute atomic E-state index is 0.00225. The molecule has 0 aliphatic carbocycles. The summed E-state index contributed by atoms with van der Waals surface area (Å²) in [5, 5.41) is 10.5. The van der Waals surface area contributed by atoms with Crippen molar-refractivity contribution in [1.82, 2.24) is 10.2 Å². The Labute approximate surface area is 196 Å². The second-order valence-corrected chi connectivity index (χ2v) is 8.99. The van der Waals surface area contributed by atoms with Gasteiger partial charge in [-0.15, -0.1) is 16.9 Å². The lowest BCUT2D eigenvalue weighted by atomic mass is 10.0. The van der Waals surface area contributed by atoms with Crippen LogP contribution >= 0.6 is 11.8 Å². The molecular weight excluding hydrogens is 440 g/mol. The van der Waals surface area contributed by atoms with E-state index in [4.69, 9.17) is 9.15 Å². The summed E-state index contributed by atoms with van der Waals surface area (Å²) in [5.74, 6) is 0.723. The van der Waals surface area contributed by atoms with Crippen LogP contribution in [-0.4, -0.2) is 41.4 Å². The molecule has 1 saturated heterocycles. The molecule has 33 heavy (non-hydrogen) atoms. The Hall–Kier alpha value is -3.33. The van der Waals surface area contributed by atoms with E-state index in [1.54, 1.807) is 16.7 Å². The van der Waals surface area contributed by atoms with Gasteiger partial charge in [0.2, 0.25) is 11.8 Å². The first-order valence-electron chi connectivity index (χ1n) is 10.7. The highest BCUT2D eigenvalue weighted by Gasteiger charge is 2.35. The van der Waals surface area contributed by atoms with Crippen LogP contribution in [0.1, 0.15) is 43.6 Å². The summed E-state index contributed by atoms with van der Waals surface area (Å²) in [5.41, 5.74) is 2.04. The van der Waals surface area contributed by atoms with E-state index >= 15 is 0 Å². The van der Waals surface area contributed by atoms with Gasteiger partial charge in [0.05, 0.1) is 5.92 Å². The molecular formula is C24H26N4O4S. The summed E-state index contributed by atoms with van der Waals surface area (Å²) >= 11 is 1.65. The molecule has 0 bridgehead atoms. The van der Waals surface area contributed by atoms with E-state index < -0.39 is 5.91 Å². The van der Waals surface area contributed by atoms with Crippen molar-refractivity contribution in [2.24, 2.45) is 0 Å². The quantitative estimate of drug-likeness (QED) is 0.490. The highest BCUT2D eigenvalue weighted by atomic mass is 32.2. The number of nitrogens with one attached hydrogen (secondary N) is 1. The van der Waals surface area contributed by atoms with E-state index in [9.17, 15) is 9.59 Å². The Morgan fingerprint density at radius 2 is 1.91 bits per heavy atom. The number of hydrogen-bond acceptors (Lipinski definition) is 7. The van der Waals surface area contributed by atoms with Gasteiger partial charge in [-0.05, 0) is 54.1 Å². The van der Waals surface area contributed by atoms with Crippen LogP contribution < -0.4 is 15.0 Å². The van der Waals surface area contributed by atoms with E-state index in [0.29, 0.717) is 24.1 Å². The molecule has 0 unspecified atom stereocenters. The number of carbonyl (C=O) groups excluding carboxylic acids is 2. The van der Waals surface area contributed by atoms with Gasteiger partial charge in [-0.1, -0.05) is 31.1 Å². The number of amides is 2. The summed E-state index contributed by atoms with van der Waals surface area (Å²) < 4.78 is 11.1. The van der Waals surface area contributed by atoms with E-state index in [1.165, 1.54) is 5.56 Å². The number of anilines is 2. The van der Waals surface area contributed by atoms with Crippen molar-refractivity contribution in [2.45, 2.75) is 37.0 Å². The van der Waals surface area contributed by atoms with Crippen LogP contribution in [0.25, 0.3) is 0 Å². The van der Waals surface area contributed by atoms with Crippen molar-refractivity contribution >= 4 is 35.3 Å². The fourth-order valence-electron chi connectivity index (χ4n) is 3.59. The van der Waals surface area contributed by atoms with E-state index in [0.717, 1.165) is 10.6 Å². The van der Waals surface area contributed by atoms with Gasteiger partial charge in [0.1, 0.15) is 5.75 Å². The maximum Gasteiger partial charge on any atom is 0.322 e. The maximum absolute atomic E-state index is 12.5. The number of ether oxygens (including phenoxy) is 1. The van der Waals surface area contributed by atoms with Gasteiger partial charge >= 0.3 is 6.01 Å². The second kappa shape index (κ2) is 10.1. The van der Waals surface area contributed by atoms with Gasteiger partial charge in [-0.2, -0.15) is 0 Å². The maximum atomic E-state index is 12.5. The summed E-state index contributed by atoms with van der Waals surface area (Å²) in [6, 6.07) is 15.5. The number of thioether (sulfide) groups is 1. The van der Waals surface area contributed by atoms with Gasteiger partial charge in [0.25, 0.3) is 5.91 Å². The van der Waals surface area contributed by atoms with Crippen LogP contribution in [0, 0.1) is 0 Å². The molecule has 0 saturated carbocycles. The average molecular weight is 467 g/mol. The molecule has 1 N–H and O–H groups in total. The smallest absolute Gasteiger partial charge is 0.322 e. The highest BCUT2D eigenvalue weighted by molar-refractivity contribution is 7.98. The van der Waals surface area contributed by atoms with Crippen molar-refractivity contribution in [3.05, 3.63) is 60.0 Å². The zero-order valence-corrected chi connectivity index (χ0v) is 19.6. The zero-order valence-electron chi connectivity index (χ0n) is 18.8. The lowest BCUT2D eigenvalue weighted by Gasteiger charge is -2.16. The molecule has 8 nitrogen and oxygen atoms in total. The minimum atomic E-state index is -0.406. The topological polar surface area (TPSA) is 97.6 Å². The zero-order chi connectivity index (χ0) is 23.4. The fraction of sp³-hybridized carbons (Fsp3) is 0.333. The molecule has 0 spiro atoms. The Kier molecular flexibility index (Phi) is 6.98. The molecule has 2 amide bonds. The van der Waals surface area contributed by atoms with Crippen LogP contribution in [0.4, 0.5) is 11.7 Å². The molecule has 1 aliphatic heterocycles. The van der Waals surface area contributed by atoms with Crippen molar-refractivity contribution in [3.63, 3.8) is 0 Å². The van der Waals surface area contributed by atoms with Gasteiger partial charge < -0.3 is 14.1 Å². The standard InChI is InChI=1S/C24H26N4O4S/c1-15(2)16-4-8-19(9-5-16)31-14-21(29)25-24-27-26-23(32-24)17-12-22(30)28(13-17)18-6-10-20(33-3)11-7-18/h4-11,15,17H,12-14H2,1-3H3,(H,25,27,29)/t17-/m1/s1. The SMILES string of the molecule is CSc1ccc(N2C[C@H](c3nnc(NC(=O)COc4ccc(C(C)C)cc4)o3)CC2=O)cc1. The molecule has 2 aromatic carbocycles. The number of carbonyl (C=O) groups is 2. The number of hydrogen-bond donors (Lipinski definition) is 1. The number of nitrogens with zero attached hydrogens (tertiary/aromatic N) is 3. The van der Waals surface area contributed by atoms with E-state index in [-0.39, 0.29) is 30.9 Å². The van der Waals surface area contributed by atoms with Crippen molar-refractivity contribution in [2.75, 3.05) is 29.6 Å². The molecule has 9 heteroatoms. The molecule has 1 fully saturated rings. The molecule has 1 aliphatic rings. The van der Waals surface area contributed by atoms with Gasteiger partial charge in [-0.3, -0.25) is 14.9 Å². The van der Waals surface area contributed by atoms with Crippen molar-refractivity contribution in [1.29, 1.82) is 0 Å². The first-order valence-corrected chi connectivity index (χ1v) is 12.0. The average Bonchev–Trinajstić information content (AvgIpc) is 3.44. The monoisotopic (exact) mass is 466 g/mol. The van der Waals surface area contributed by atoms with Gasteiger partial charge in [0.15, 0.2) is 6.61 Å². The number of benzene rings is 2. The summed E-state index contributed by atoms with van der Waals surface area (Å²) in [7, 11) is 0. The molecule has 2 heterocycles. The predicted octanol–water partition coefficient (Wildman–Crippen LogP) is 4.45. The molecule has 172 valence electrons. The second-order valence-electron chi connectivity index (χ2n) is 8.11. The molecule has 4 rings (SSSR count). The highest BCUT2D eigenvalue weighted by Crippen LogP contribution is 2.32. The van der Waals surface area contributed by atoms with Crippen LogP contribution in [0.3, 0.4) is 0 Å². The molecule has 1 atom stereocenters. The van der Waals surface area contributed by atoms with Crippen LogP contribution in [0.5, 0.6) is 5.75 Å². The summed E-state index contributed by atoms with van der Waals surface area (Å²) in [6.45, 7) is 4.50. The van der Waals surface area contributed by atoms with Gasteiger partial charge in [0, 0.05) is 23.5 Å². The Balaban J connectivity index is 1.31. The Morgan fingerprint density at radius 3 is 2.58 bits per heavy atom. The Morgan fingerprint density at radius 1 is 1.18 bits per heavy atom. The summed E-state index contributed by atoms with van der Waals surface area (Å²) in [4.78, 5) is 27.6. The molecule has 1 aromatic heterocycles. The first kappa shape index (κ1) is 22.8. The van der Waals surface area contributed by atoms with Crippen molar-refractivity contribution in [3.8, 4) is 5.75 Å². The van der Waals surface area contributed by atoms with E-state index in [2.05, 4.69) is 29.4 Å². The lowest BCUT2D eigenvalue weighted by molar-refractivity contribution is -0.118. The molecule has 3 aromatic rings. The van der Waals surface area contributed by atoms with Crippen LogP contribution in [-0.2, 0) is 9.59 Å². The van der Waals surface area contributed by atoms with Gasteiger partial charge in [-0.25, -0.2) is 0 Å². The lowest BCUT2D eigenvalue weighted by Crippen LogP contribution is -2.24. The van der Waals surface area contributed by atoms with Crippen molar-refractivity contribution < 1.29 is 18.7 Å². The number of aromatic nitrogens is 2. The third kappa shape index (κ3) is 5.54. The van der Waals surface area contributed by atoms with Crippen LogP contribution in [0.2, 0.25) is 0 Å². The summed E-state index contributed by atoms with van der Waals surface area (Å²) in [6.07, 6.45) is 2.28.